The second kappa shape index (κ2) is 11.7. The van der Waals surface area contributed by atoms with E-state index >= 15 is 0 Å². The van der Waals surface area contributed by atoms with Gasteiger partial charge in [-0.3, -0.25) is 4.79 Å². The van der Waals surface area contributed by atoms with Gasteiger partial charge in [-0.2, -0.15) is 0 Å². The molecule has 0 aliphatic rings. The van der Waals surface area contributed by atoms with Crippen LogP contribution in [0.5, 0.6) is 5.75 Å². The number of ether oxygens (including phenoxy) is 1. The van der Waals surface area contributed by atoms with Crippen molar-refractivity contribution in [2.45, 2.75) is 66.2 Å². The Morgan fingerprint density at radius 1 is 1.02 bits per heavy atom. The summed E-state index contributed by atoms with van der Waals surface area (Å²) in [5.41, 5.74) is 6.28. The lowest BCUT2D eigenvalue weighted by Crippen LogP contribution is -2.26. The molecule has 6 nitrogen and oxygen atoms in total. The molecular formula is C32H34ClFN2O4. The summed E-state index contributed by atoms with van der Waals surface area (Å²) in [5.74, 6) is -1.86. The lowest BCUT2D eigenvalue weighted by molar-refractivity contribution is -0.144. The minimum absolute atomic E-state index is 0.157. The third kappa shape index (κ3) is 5.99. The quantitative estimate of drug-likeness (QED) is 0.220. The maximum atomic E-state index is 14.5. The zero-order chi connectivity index (χ0) is 29.3. The molecule has 2 N–H and O–H groups in total. The van der Waals surface area contributed by atoms with E-state index in [2.05, 4.69) is 31.3 Å². The number of carbonyl (C=O) groups excluding carboxylic acids is 1. The summed E-state index contributed by atoms with van der Waals surface area (Å²) in [4.78, 5) is 24.4. The van der Waals surface area contributed by atoms with E-state index in [-0.39, 0.29) is 22.7 Å². The Labute approximate surface area is 238 Å². The molecule has 1 amide bonds. The molecule has 0 bridgehead atoms. The number of fused-ring (bicyclic) bond motifs is 1. The van der Waals surface area contributed by atoms with Gasteiger partial charge in [0.05, 0.1) is 6.04 Å². The van der Waals surface area contributed by atoms with Crippen molar-refractivity contribution >= 4 is 34.4 Å². The molecule has 1 heterocycles. The lowest BCUT2D eigenvalue weighted by Gasteiger charge is -2.17. The number of aryl methyl sites for hydroxylation is 1. The molecular weight excluding hydrogens is 531 g/mol. The highest BCUT2D eigenvalue weighted by atomic mass is 35.5. The highest BCUT2D eigenvalue weighted by Crippen LogP contribution is 2.32. The van der Waals surface area contributed by atoms with Crippen LogP contribution in [-0.4, -0.2) is 27.7 Å². The highest BCUT2D eigenvalue weighted by Gasteiger charge is 2.20. The number of amides is 1. The number of aromatic nitrogens is 1. The molecule has 0 aliphatic heterocycles. The van der Waals surface area contributed by atoms with Gasteiger partial charge >= 0.3 is 5.97 Å². The van der Waals surface area contributed by atoms with Gasteiger partial charge in [-0.25, -0.2) is 9.18 Å². The van der Waals surface area contributed by atoms with Gasteiger partial charge in [0, 0.05) is 33.7 Å². The molecule has 2 unspecified atom stereocenters. The summed E-state index contributed by atoms with van der Waals surface area (Å²) in [6.07, 6.45) is -1.22. The van der Waals surface area contributed by atoms with Gasteiger partial charge in [0.2, 0.25) is 0 Å². The predicted molar refractivity (Wildman–Crippen MR) is 156 cm³/mol. The van der Waals surface area contributed by atoms with Crippen LogP contribution >= 0.6 is 11.6 Å². The largest absolute Gasteiger partial charge is 0.479 e. The van der Waals surface area contributed by atoms with Crippen molar-refractivity contribution in [3.63, 3.8) is 0 Å². The molecule has 3 aromatic carbocycles. The third-order valence-electron chi connectivity index (χ3n) is 7.41. The standard InChI is InChI=1S/C32H34ClFN2O4/c1-17(2)22-8-7-9-23(12-22)19(4)35-31(37)24-10-11-29-26(13-24)18(3)20(5)36(29)16-25-14-30(28(34)15-27(25)33)40-21(6)32(38)39/h7-15,17,19,21H,16H2,1-6H3,(H,35,37)(H,38,39). The van der Waals surface area contributed by atoms with Gasteiger partial charge < -0.3 is 19.7 Å². The molecule has 0 saturated carbocycles. The number of halogens is 2. The number of nitrogens with one attached hydrogen (secondary N) is 1. The van der Waals surface area contributed by atoms with E-state index in [1.165, 1.54) is 18.6 Å². The van der Waals surface area contributed by atoms with E-state index in [4.69, 9.17) is 21.4 Å². The van der Waals surface area contributed by atoms with Crippen molar-refractivity contribution in [3.05, 3.63) is 98.9 Å². The molecule has 0 aliphatic carbocycles. The highest BCUT2D eigenvalue weighted by molar-refractivity contribution is 6.31. The lowest BCUT2D eigenvalue weighted by atomic mass is 9.98. The maximum Gasteiger partial charge on any atom is 0.344 e. The molecule has 210 valence electrons. The first-order chi connectivity index (χ1) is 18.9. The van der Waals surface area contributed by atoms with Gasteiger partial charge in [0.25, 0.3) is 5.91 Å². The fourth-order valence-corrected chi connectivity index (χ4v) is 4.95. The number of carbonyl (C=O) groups is 2. The Balaban J connectivity index is 1.61. The molecule has 2 atom stereocenters. The summed E-state index contributed by atoms with van der Waals surface area (Å²) in [5, 5.41) is 13.4. The van der Waals surface area contributed by atoms with Gasteiger partial charge in [0.1, 0.15) is 0 Å². The second-order valence-electron chi connectivity index (χ2n) is 10.5. The summed E-state index contributed by atoms with van der Waals surface area (Å²) >= 11 is 6.38. The first-order valence-corrected chi connectivity index (χ1v) is 13.6. The monoisotopic (exact) mass is 564 g/mol. The summed E-state index contributed by atoms with van der Waals surface area (Å²) < 4.78 is 21.8. The van der Waals surface area contributed by atoms with Gasteiger partial charge in [-0.15, -0.1) is 0 Å². The number of carboxylic acids is 1. The molecule has 1 aromatic heterocycles. The van der Waals surface area contributed by atoms with E-state index in [1.807, 2.05) is 49.6 Å². The van der Waals surface area contributed by atoms with Crippen LogP contribution in [0.4, 0.5) is 4.39 Å². The van der Waals surface area contributed by atoms with Crippen LogP contribution in [0, 0.1) is 19.7 Å². The van der Waals surface area contributed by atoms with Crippen LogP contribution in [0.25, 0.3) is 10.9 Å². The van der Waals surface area contributed by atoms with Crippen LogP contribution in [0.1, 0.15) is 78.0 Å². The molecule has 0 spiro atoms. The molecule has 0 fully saturated rings. The van der Waals surface area contributed by atoms with Gasteiger partial charge in [-0.05, 0) is 86.2 Å². The topological polar surface area (TPSA) is 80.6 Å². The van der Waals surface area contributed by atoms with Crippen molar-refractivity contribution in [1.29, 1.82) is 0 Å². The minimum atomic E-state index is -1.22. The zero-order valence-corrected chi connectivity index (χ0v) is 24.3. The Kier molecular flexibility index (Phi) is 8.54. The normalized spacial score (nSPS) is 12.9. The van der Waals surface area contributed by atoms with Crippen molar-refractivity contribution in [2.24, 2.45) is 0 Å². The number of nitrogens with zero attached hydrogens (tertiary/aromatic N) is 1. The Morgan fingerprint density at radius 3 is 2.40 bits per heavy atom. The number of aliphatic carboxylic acids is 1. The summed E-state index contributed by atoms with van der Waals surface area (Å²) in [6.45, 7) is 11.9. The number of rotatable bonds is 9. The molecule has 8 heteroatoms. The van der Waals surface area contributed by atoms with E-state index in [9.17, 15) is 14.0 Å². The summed E-state index contributed by atoms with van der Waals surface area (Å²) in [6, 6.07) is 16.3. The van der Waals surface area contributed by atoms with Crippen LogP contribution in [0.3, 0.4) is 0 Å². The van der Waals surface area contributed by atoms with Crippen molar-refractivity contribution in [1.82, 2.24) is 9.88 Å². The molecule has 0 radical (unpaired) electrons. The van der Waals surface area contributed by atoms with Gasteiger partial charge in [0.15, 0.2) is 17.7 Å². The zero-order valence-electron chi connectivity index (χ0n) is 23.5. The third-order valence-corrected chi connectivity index (χ3v) is 7.76. The molecule has 40 heavy (non-hydrogen) atoms. The Morgan fingerprint density at radius 2 is 1.73 bits per heavy atom. The second-order valence-corrected chi connectivity index (χ2v) is 10.9. The SMILES string of the molecule is Cc1c(C)n(Cc2cc(OC(C)C(=O)O)c(F)cc2Cl)c2ccc(C(=O)NC(C)c3cccc(C(C)C)c3)cc12. The number of hydrogen-bond acceptors (Lipinski definition) is 3. The van der Waals surface area contributed by atoms with E-state index < -0.39 is 17.9 Å². The van der Waals surface area contributed by atoms with Crippen molar-refractivity contribution in [2.75, 3.05) is 0 Å². The molecule has 4 aromatic rings. The minimum Gasteiger partial charge on any atom is -0.479 e. The van der Waals surface area contributed by atoms with Crippen LogP contribution < -0.4 is 10.1 Å². The predicted octanol–water partition coefficient (Wildman–Crippen LogP) is 7.57. The Hall–Kier alpha value is -3.84. The van der Waals surface area contributed by atoms with Crippen LogP contribution in [-0.2, 0) is 11.3 Å². The van der Waals surface area contributed by atoms with Crippen LogP contribution in [0.15, 0.2) is 54.6 Å². The summed E-state index contributed by atoms with van der Waals surface area (Å²) in [7, 11) is 0. The fraction of sp³-hybridized carbons (Fsp3) is 0.312. The number of benzene rings is 3. The Bertz CT molecular complexity index is 1590. The smallest absolute Gasteiger partial charge is 0.344 e. The maximum absolute atomic E-state index is 14.5. The first-order valence-electron chi connectivity index (χ1n) is 13.2. The first kappa shape index (κ1) is 29.2. The number of hydrogen-bond donors (Lipinski definition) is 2. The van der Waals surface area contributed by atoms with Crippen molar-refractivity contribution in [3.8, 4) is 5.75 Å². The van der Waals surface area contributed by atoms with Gasteiger partial charge in [-0.1, -0.05) is 49.7 Å². The average Bonchev–Trinajstić information content (AvgIpc) is 3.15. The average molecular weight is 565 g/mol. The molecule has 0 saturated heterocycles. The van der Waals surface area contributed by atoms with Crippen molar-refractivity contribution < 1.29 is 23.8 Å². The fourth-order valence-electron chi connectivity index (χ4n) is 4.74. The van der Waals surface area contributed by atoms with E-state index in [0.29, 0.717) is 23.6 Å². The van der Waals surface area contributed by atoms with Crippen LogP contribution in [0.2, 0.25) is 5.02 Å². The van der Waals surface area contributed by atoms with E-state index in [0.717, 1.165) is 33.8 Å². The molecule has 4 rings (SSSR count). The van der Waals surface area contributed by atoms with E-state index in [1.54, 1.807) is 6.07 Å². The number of carboxylic acid groups (broad SMARTS) is 1.